The molecule has 148 valence electrons. The van der Waals surface area contributed by atoms with Crippen molar-refractivity contribution in [2.45, 2.75) is 58.9 Å². The van der Waals surface area contributed by atoms with E-state index in [4.69, 9.17) is 0 Å². The lowest BCUT2D eigenvalue weighted by molar-refractivity contribution is -0.127. The van der Waals surface area contributed by atoms with Gasteiger partial charge in [0.2, 0.25) is 5.91 Å². The first-order chi connectivity index (χ1) is 12.1. The molecule has 0 saturated heterocycles. The summed E-state index contributed by atoms with van der Waals surface area (Å²) >= 11 is 1.66. The molecule has 1 aromatic rings. The van der Waals surface area contributed by atoms with Gasteiger partial charge >= 0.3 is 0 Å². The number of rotatable bonds is 9. The minimum Gasteiger partial charge on any atom is -0.357 e. The number of aliphatic imine (C=N–C) groups is 1. The van der Waals surface area contributed by atoms with E-state index >= 15 is 0 Å². The third-order valence-corrected chi connectivity index (χ3v) is 5.15. The molecule has 1 heterocycles. The molecular weight excluding hydrogens is 461 g/mol. The van der Waals surface area contributed by atoms with Crippen LogP contribution in [0.1, 0.15) is 63.1 Å². The van der Waals surface area contributed by atoms with E-state index in [1.165, 1.54) is 6.42 Å². The predicted molar refractivity (Wildman–Crippen MR) is 119 cm³/mol. The van der Waals surface area contributed by atoms with Gasteiger partial charge < -0.3 is 16.0 Å². The van der Waals surface area contributed by atoms with Gasteiger partial charge in [0.05, 0.1) is 12.2 Å². The average molecular weight is 493 g/mol. The Bertz CT molecular complexity index is 572. The maximum atomic E-state index is 11.8. The lowest BCUT2D eigenvalue weighted by atomic mass is 9.85. The van der Waals surface area contributed by atoms with E-state index < -0.39 is 0 Å². The Labute approximate surface area is 178 Å². The standard InChI is InChI=1S/C18H31N5OS.HI/c1-4-19-18(22-11-16-23-15(12-25-16)13(2)3)21-10-6-9-20-17(24)14-7-5-8-14;/h12-14H,4-11H2,1-3H3,(H,20,24)(H2,19,21,22);1H. The van der Waals surface area contributed by atoms with Gasteiger partial charge in [-0.2, -0.15) is 0 Å². The average Bonchev–Trinajstić information content (AvgIpc) is 2.99. The number of aromatic nitrogens is 1. The van der Waals surface area contributed by atoms with Gasteiger partial charge in [0.15, 0.2) is 5.96 Å². The highest BCUT2D eigenvalue weighted by molar-refractivity contribution is 14.0. The van der Waals surface area contributed by atoms with Crippen LogP contribution in [0.5, 0.6) is 0 Å². The number of thiazole rings is 1. The van der Waals surface area contributed by atoms with Crippen LogP contribution in [0.3, 0.4) is 0 Å². The first kappa shape index (κ1) is 23.1. The van der Waals surface area contributed by atoms with E-state index in [0.29, 0.717) is 19.0 Å². The van der Waals surface area contributed by atoms with Crippen LogP contribution in [0.25, 0.3) is 0 Å². The molecule has 1 aliphatic carbocycles. The Morgan fingerprint density at radius 1 is 1.31 bits per heavy atom. The summed E-state index contributed by atoms with van der Waals surface area (Å²) in [7, 11) is 0. The summed E-state index contributed by atoms with van der Waals surface area (Å²) in [6, 6.07) is 0. The van der Waals surface area contributed by atoms with Gasteiger partial charge in [-0.3, -0.25) is 4.79 Å². The van der Waals surface area contributed by atoms with E-state index in [0.717, 1.165) is 49.0 Å². The van der Waals surface area contributed by atoms with Crippen molar-refractivity contribution >= 4 is 47.2 Å². The molecule has 0 spiro atoms. The summed E-state index contributed by atoms with van der Waals surface area (Å²) in [5.74, 6) is 1.74. The fourth-order valence-corrected chi connectivity index (χ4v) is 3.35. The van der Waals surface area contributed by atoms with Crippen molar-refractivity contribution < 1.29 is 4.79 Å². The summed E-state index contributed by atoms with van der Waals surface area (Å²) in [5, 5.41) is 12.7. The van der Waals surface area contributed by atoms with Crippen molar-refractivity contribution in [2.75, 3.05) is 19.6 Å². The molecular formula is C18H32IN5OS. The van der Waals surface area contributed by atoms with Crippen LogP contribution in [0, 0.1) is 5.92 Å². The molecule has 0 atom stereocenters. The van der Waals surface area contributed by atoms with Gasteiger partial charge in [0.1, 0.15) is 5.01 Å². The number of carbonyl (C=O) groups excluding carboxylic acids is 1. The van der Waals surface area contributed by atoms with Gasteiger partial charge in [-0.15, -0.1) is 35.3 Å². The van der Waals surface area contributed by atoms with Crippen molar-refractivity contribution in [3.8, 4) is 0 Å². The molecule has 3 N–H and O–H groups in total. The lowest BCUT2D eigenvalue weighted by Crippen LogP contribution is -2.39. The Balaban J connectivity index is 0.00000338. The molecule has 2 rings (SSSR count). The lowest BCUT2D eigenvalue weighted by Gasteiger charge is -2.24. The van der Waals surface area contributed by atoms with Gasteiger partial charge in [-0.1, -0.05) is 20.3 Å². The number of nitrogens with one attached hydrogen (secondary N) is 3. The molecule has 26 heavy (non-hydrogen) atoms. The maximum absolute atomic E-state index is 11.8. The molecule has 0 aromatic carbocycles. The Kier molecular flexibility index (Phi) is 11.1. The molecule has 1 amide bonds. The van der Waals surface area contributed by atoms with Crippen LogP contribution in [0.15, 0.2) is 10.4 Å². The molecule has 0 radical (unpaired) electrons. The number of amides is 1. The SMILES string of the molecule is CCNC(=NCc1nc(C(C)C)cs1)NCCCNC(=O)C1CCC1.I. The highest BCUT2D eigenvalue weighted by atomic mass is 127. The monoisotopic (exact) mass is 493 g/mol. The molecule has 6 nitrogen and oxygen atoms in total. The molecule has 1 fully saturated rings. The zero-order valence-corrected chi connectivity index (χ0v) is 19.2. The topological polar surface area (TPSA) is 78.4 Å². The summed E-state index contributed by atoms with van der Waals surface area (Å²) in [6.45, 7) is 9.26. The number of guanidine groups is 1. The smallest absolute Gasteiger partial charge is 0.223 e. The zero-order chi connectivity index (χ0) is 18.1. The number of hydrogen-bond donors (Lipinski definition) is 3. The second-order valence-electron chi connectivity index (χ2n) is 6.72. The highest BCUT2D eigenvalue weighted by Gasteiger charge is 2.24. The minimum atomic E-state index is 0. The van der Waals surface area contributed by atoms with Crippen molar-refractivity contribution in [1.82, 2.24) is 20.9 Å². The first-order valence-electron chi connectivity index (χ1n) is 9.34. The first-order valence-corrected chi connectivity index (χ1v) is 10.2. The fourth-order valence-electron chi connectivity index (χ4n) is 2.47. The number of carbonyl (C=O) groups is 1. The van der Waals surface area contributed by atoms with Gasteiger partial charge in [0.25, 0.3) is 0 Å². The molecule has 0 unspecified atom stereocenters. The Hall–Kier alpha value is -0.900. The predicted octanol–water partition coefficient (Wildman–Crippen LogP) is 3.25. The molecule has 0 aliphatic heterocycles. The van der Waals surface area contributed by atoms with Crippen molar-refractivity contribution in [2.24, 2.45) is 10.9 Å². The van der Waals surface area contributed by atoms with E-state index in [1.54, 1.807) is 11.3 Å². The minimum absolute atomic E-state index is 0. The third kappa shape index (κ3) is 7.77. The van der Waals surface area contributed by atoms with Gasteiger partial charge in [-0.05, 0) is 32.1 Å². The van der Waals surface area contributed by atoms with Crippen LogP contribution < -0.4 is 16.0 Å². The zero-order valence-electron chi connectivity index (χ0n) is 16.0. The van der Waals surface area contributed by atoms with Crippen LogP contribution in [0.4, 0.5) is 0 Å². The summed E-state index contributed by atoms with van der Waals surface area (Å²) in [6.07, 6.45) is 4.19. The third-order valence-electron chi connectivity index (χ3n) is 4.30. The maximum Gasteiger partial charge on any atom is 0.223 e. The molecule has 1 aliphatic rings. The van der Waals surface area contributed by atoms with Crippen LogP contribution in [-0.2, 0) is 11.3 Å². The number of nitrogens with zero attached hydrogens (tertiary/aromatic N) is 2. The van der Waals surface area contributed by atoms with Crippen LogP contribution in [0.2, 0.25) is 0 Å². The Morgan fingerprint density at radius 3 is 2.62 bits per heavy atom. The van der Waals surface area contributed by atoms with E-state index in [9.17, 15) is 4.79 Å². The van der Waals surface area contributed by atoms with E-state index in [1.807, 2.05) is 0 Å². The largest absolute Gasteiger partial charge is 0.357 e. The van der Waals surface area contributed by atoms with Crippen molar-refractivity contribution in [1.29, 1.82) is 0 Å². The number of halogens is 1. The summed E-state index contributed by atoms with van der Waals surface area (Å²) in [4.78, 5) is 21.0. The molecule has 1 saturated carbocycles. The molecule has 1 aromatic heterocycles. The van der Waals surface area contributed by atoms with Crippen LogP contribution in [-0.4, -0.2) is 36.5 Å². The van der Waals surface area contributed by atoms with Gasteiger partial charge in [0, 0.05) is 30.9 Å². The second kappa shape index (κ2) is 12.5. The van der Waals surface area contributed by atoms with E-state index in [-0.39, 0.29) is 35.8 Å². The van der Waals surface area contributed by atoms with E-state index in [2.05, 4.69) is 52.1 Å². The number of hydrogen-bond acceptors (Lipinski definition) is 4. The van der Waals surface area contributed by atoms with Crippen LogP contribution >= 0.6 is 35.3 Å². The summed E-state index contributed by atoms with van der Waals surface area (Å²) < 4.78 is 0. The normalized spacial score (nSPS) is 14.5. The molecule has 0 bridgehead atoms. The van der Waals surface area contributed by atoms with Crippen molar-refractivity contribution in [3.63, 3.8) is 0 Å². The van der Waals surface area contributed by atoms with Crippen molar-refractivity contribution in [3.05, 3.63) is 16.1 Å². The highest BCUT2D eigenvalue weighted by Crippen LogP contribution is 2.26. The Morgan fingerprint density at radius 2 is 2.04 bits per heavy atom. The summed E-state index contributed by atoms with van der Waals surface area (Å²) in [5.41, 5.74) is 1.13. The quantitative estimate of drug-likeness (QED) is 0.214. The molecule has 8 heteroatoms. The second-order valence-corrected chi connectivity index (χ2v) is 7.66. The van der Waals surface area contributed by atoms with Gasteiger partial charge in [-0.25, -0.2) is 9.98 Å². The fraction of sp³-hybridized carbons (Fsp3) is 0.722.